The molecular weight excluding hydrogens is 230 g/mol. The zero-order chi connectivity index (χ0) is 13.7. The van der Waals surface area contributed by atoms with Crippen LogP contribution in [0.2, 0.25) is 0 Å². The summed E-state index contributed by atoms with van der Waals surface area (Å²) < 4.78 is 10.4. The average molecular weight is 251 g/mol. The van der Waals surface area contributed by atoms with Gasteiger partial charge in [0.2, 0.25) is 0 Å². The van der Waals surface area contributed by atoms with Crippen molar-refractivity contribution in [3.8, 4) is 5.75 Å². The standard InChI is InChI=1S/C14H21NO3/c1-9(2)5-10(3)18-14(16)11-6-12(15)8-13(7-11)17-4/h6-10H,5,15H2,1-4H3. The molecule has 1 unspecified atom stereocenters. The van der Waals surface area contributed by atoms with E-state index in [1.807, 2.05) is 6.92 Å². The van der Waals surface area contributed by atoms with Crippen LogP contribution in [-0.2, 0) is 4.74 Å². The highest BCUT2D eigenvalue weighted by Gasteiger charge is 2.14. The molecule has 0 saturated carbocycles. The smallest absolute Gasteiger partial charge is 0.338 e. The van der Waals surface area contributed by atoms with Crippen LogP contribution in [0.5, 0.6) is 5.75 Å². The maximum Gasteiger partial charge on any atom is 0.338 e. The number of carbonyl (C=O) groups excluding carboxylic acids is 1. The molecule has 4 nitrogen and oxygen atoms in total. The second-order valence-corrected chi connectivity index (χ2v) is 4.84. The maximum atomic E-state index is 11.9. The van der Waals surface area contributed by atoms with E-state index < -0.39 is 0 Å². The Kier molecular flexibility index (Phi) is 5.01. The van der Waals surface area contributed by atoms with Crippen molar-refractivity contribution in [3.63, 3.8) is 0 Å². The molecule has 1 atom stereocenters. The van der Waals surface area contributed by atoms with Gasteiger partial charge in [-0.1, -0.05) is 13.8 Å². The molecule has 100 valence electrons. The third-order valence-corrected chi connectivity index (χ3v) is 2.51. The molecule has 0 heterocycles. The summed E-state index contributed by atoms with van der Waals surface area (Å²) in [5.74, 6) is 0.676. The lowest BCUT2D eigenvalue weighted by Gasteiger charge is -2.15. The molecule has 4 heteroatoms. The Labute approximate surface area is 108 Å². The van der Waals surface area contributed by atoms with Crippen molar-refractivity contribution in [1.29, 1.82) is 0 Å². The lowest BCUT2D eigenvalue weighted by atomic mass is 10.1. The molecule has 1 aromatic rings. The van der Waals surface area contributed by atoms with Gasteiger partial charge in [0.15, 0.2) is 0 Å². The minimum Gasteiger partial charge on any atom is -0.497 e. The molecule has 0 fully saturated rings. The Balaban J connectivity index is 2.74. The molecule has 1 aromatic carbocycles. The Morgan fingerprint density at radius 3 is 2.50 bits per heavy atom. The minimum atomic E-state index is -0.367. The Morgan fingerprint density at radius 1 is 1.28 bits per heavy atom. The summed E-state index contributed by atoms with van der Waals surface area (Å²) in [6, 6.07) is 4.88. The Morgan fingerprint density at radius 2 is 1.94 bits per heavy atom. The molecule has 0 aliphatic heterocycles. The van der Waals surface area contributed by atoms with E-state index in [-0.39, 0.29) is 12.1 Å². The number of nitrogen functional groups attached to an aromatic ring is 1. The number of nitrogens with two attached hydrogens (primary N) is 1. The summed E-state index contributed by atoms with van der Waals surface area (Å²) in [6.45, 7) is 6.07. The van der Waals surface area contributed by atoms with Gasteiger partial charge in [-0.15, -0.1) is 0 Å². The van der Waals surface area contributed by atoms with Crippen LogP contribution in [0.15, 0.2) is 18.2 Å². The highest BCUT2D eigenvalue weighted by Crippen LogP contribution is 2.20. The first-order chi connectivity index (χ1) is 8.42. The second-order valence-electron chi connectivity index (χ2n) is 4.84. The van der Waals surface area contributed by atoms with Crippen molar-refractivity contribution in [2.75, 3.05) is 12.8 Å². The largest absolute Gasteiger partial charge is 0.497 e. The highest BCUT2D eigenvalue weighted by atomic mass is 16.5. The van der Waals surface area contributed by atoms with Crippen molar-refractivity contribution in [3.05, 3.63) is 23.8 Å². The van der Waals surface area contributed by atoms with Crippen molar-refractivity contribution in [1.82, 2.24) is 0 Å². The van der Waals surface area contributed by atoms with Crippen LogP contribution in [0.4, 0.5) is 5.69 Å². The summed E-state index contributed by atoms with van der Waals surface area (Å²) in [7, 11) is 1.53. The van der Waals surface area contributed by atoms with Crippen LogP contribution >= 0.6 is 0 Å². The molecule has 0 amide bonds. The van der Waals surface area contributed by atoms with E-state index in [1.165, 1.54) is 7.11 Å². The van der Waals surface area contributed by atoms with Gasteiger partial charge in [-0.05, 0) is 31.4 Å². The Hall–Kier alpha value is -1.71. The Bertz CT molecular complexity index is 416. The number of hydrogen-bond donors (Lipinski definition) is 1. The zero-order valence-corrected chi connectivity index (χ0v) is 11.4. The fourth-order valence-electron chi connectivity index (χ4n) is 1.82. The van der Waals surface area contributed by atoms with E-state index in [2.05, 4.69) is 13.8 Å². The molecule has 18 heavy (non-hydrogen) atoms. The molecule has 0 radical (unpaired) electrons. The minimum absolute atomic E-state index is 0.107. The predicted molar refractivity (Wildman–Crippen MR) is 71.7 cm³/mol. The quantitative estimate of drug-likeness (QED) is 0.645. The van der Waals surface area contributed by atoms with Gasteiger partial charge in [0.25, 0.3) is 0 Å². The lowest BCUT2D eigenvalue weighted by molar-refractivity contribution is 0.0299. The van der Waals surface area contributed by atoms with Crippen LogP contribution in [0.3, 0.4) is 0 Å². The van der Waals surface area contributed by atoms with Gasteiger partial charge in [-0.2, -0.15) is 0 Å². The van der Waals surface area contributed by atoms with Gasteiger partial charge in [-0.25, -0.2) is 4.79 Å². The molecule has 0 saturated heterocycles. The van der Waals surface area contributed by atoms with Crippen molar-refractivity contribution in [2.24, 2.45) is 5.92 Å². The summed E-state index contributed by atoms with van der Waals surface area (Å²) in [6.07, 6.45) is 0.732. The van der Waals surface area contributed by atoms with Crippen LogP contribution in [0.1, 0.15) is 37.6 Å². The van der Waals surface area contributed by atoms with E-state index in [0.29, 0.717) is 22.9 Å². The number of benzene rings is 1. The highest BCUT2D eigenvalue weighted by molar-refractivity contribution is 5.91. The van der Waals surface area contributed by atoms with Crippen LogP contribution in [-0.4, -0.2) is 19.2 Å². The first kappa shape index (κ1) is 14.4. The van der Waals surface area contributed by atoms with E-state index >= 15 is 0 Å². The number of hydrogen-bond acceptors (Lipinski definition) is 4. The van der Waals surface area contributed by atoms with E-state index in [4.69, 9.17) is 15.2 Å². The fraction of sp³-hybridized carbons (Fsp3) is 0.500. The second kappa shape index (κ2) is 6.28. The number of esters is 1. The molecule has 1 rings (SSSR count). The predicted octanol–water partition coefficient (Wildman–Crippen LogP) is 2.87. The van der Waals surface area contributed by atoms with Crippen LogP contribution < -0.4 is 10.5 Å². The summed E-state index contributed by atoms with van der Waals surface area (Å²) >= 11 is 0. The monoisotopic (exact) mass is 251 g/mol. The molecule has 2 N–H and O–H groups in total. The van der Waals surface area contributed by atoms with Crippen LogP contribution in [0.25, 0.3) is 0 Å². The third-order valence-electron chi connectivity index (χ3n) is 2.51. The number of ether oxygens (including phenoxy) is 2. The molecule has 0 aliphatic rings. The van der Waals surface area contributed by atoms with Crippen LogP contribution in [0, 0.1) is 5.92 Å². The summed E-state index contributed by atoms with van der Waals surface area (Å²) in [5, 5.41) is 0. The summed E-state index contributed by atoms with van der Waals surface area (Å²) in [4.78, 5) is 11.9. The first-order valence-corrected chi connectivity index (χ1v) is 6.08. The SMILES string of the molecule is COc1cc(N)cc(C(=O)OC(C)CC(C)C)c1. The average Bonchev–Trinajstić information content (AvgIpc) is 2.26. The molecule has 0 bridgehead atoms. The van der Waals surface area contributed by atoms with Gasteiger partial charge in [0.05, 0.1) is 18.8 Å². The van der Waals surface area contributed by atoms with E-state index in [9.17, 15) is 4.79 Å². The number of methoxy groups -OCH3 is 1. The van der Waals surface area contributed by atoms with Crippen molar-refractivity contribution >= 4 is 11.7 Å². The first-order valence-electron chi connectivity index (χ1n) is 6.08. The van der Waals surface area contributed by atoms with E-state index in [0.717, 1.165) is 6.42 Å². The van der Waals surface area contributed by atoms with Gasteiger partial charge in [0.1, 0.15) is 5.75 Å². The van der Waals surface area contributed by atoms with Gasteiger partial charge < -0.3 is 15.2 Å². The molecular formula is C14H21NO3. The van der Waals surface area contributed by atoms with Gasteiger partial charge in [-0.3, -0.25) is 0 Å². The molecule has 0 spiro atoms. The van der Waals surface area contributed by atoms with Gasteiger partial charge in [0, 0.05) is 11.8 Å². The van der Waals surface area contributed by atoms with Crippen molar-refractivity contribution in [2.45, 2.75) is 33.3 Å². The third kappa shape index (κ3) is 4.28. The normalized spacial score (nSPS) is 12.3. The van der Waals surface area contributed by atoms with E-state index in [1.54, 1.807) is 18.2 Å². The molecule has 0 aromatic heterocycles. The lowest BCUT2D eigenvalue weighted by Crippen LogP contribution is -2.17. The maximum absolute atomic E-state index is 11.9. The topological polar surface area (TPSA) is 61.5 Å². The molecule has 0 aliphatic carbocycles. The number of rotatable bonds is 5. The summed E-state index contributed by atoms with van der Waals surface area (Å²) in [5.41, 5.74) is 6.60. The number of anilines is 1. The number of carbonyl (C=O) groups is 1. The van der Waals surface area contributed by atoms with Gasteiger partial charge >= 0.3 is 5.97 Å². The fourth-order valence-corrected chi connectivity index (χ4v) is 1.82. The van der Waals surface area contributed by atoms with Crippen molar-refractivity contribution < 1.29 is 14.3 Å². The zero-order valence-electron chi connectivity index (χ0n) is 11.4.